The maximum Gasteiger partial charge on any atom is 0.289 e. The van der Waals surface area contributed by atoms with Crippen molar-refractivity contribution in [2.24, 2.45) is 0 Å². The molecule has 1 heterocycles. The van der Waals surface area contributed by atoms with Crippen LogP contribution in [0.3, 0.4) is 0 Å². The molecule has 0 radical (unpaired) electrons. The van der Waals surface area contributed by atoms with Crippen LogP contribution in [0.25, 0.3) is 5.57 Å². The summed E-state index contributed by atoms with van der Waals surface area (Å²) in [6.45, 7) is 2.64. The molecule has 0 aromatic heterocycles. The lowest BCUT2D eigenvalue weighted by atomic mass is 9.92. The second-order valence-corrected chi connectivity index (χ2v) is 7.72. The summed E-state index contributed by atoms with van der Waals surface area (Å²) in [6.07, 6.45) is 1.67. The first-order chi connectivity index (χ1) is 15.1. The molecule has 1 N–H and O–H groups in total. The first-order valence-corrected chi connectivity index (χ1v) is 10.6. The SMILES string of the molecule is CCc1ccc([C@H]2C(c3ccc(OC)cc3)=C(O)C(=O)N2CCc2ccccc2)cc1. The van der Waals surface area contributed by atoms with Crippen LogP contribution in [-0.4, -0.2) is 29.6 Å². The molecular formula is C27H27NO3. The number of ether oxygens (including phenoxy) is 1. The number of benzene rings is 3. The van der Waals surface area contributed by atoms with Gasteiger partial charge in [-0.05, 0) is 47.2 Å². The molecule has 0 spiro atoms. The van der Waals surface area contributed by atoms with E-state index in [9.17, 15) is 9.90 Å². The second-order valence-electron chi connectivity index (χ2n) is 7.72. The predicted molar refractivity (Wildman–Crippen MR) is 123 cm³/mol. The Morgan fingerprint density at radius 3 is 2.19 bits per heavy atom. The van der Waals surface area contributed by atoms with Gasteiger partial charge in [0.15, 0.2) is 5.76 Å². The minimum absolute atomic E-state index is 0.178. The monoisotopic (exact) mass is 413 g/mol. The highest BCUT2D eigenvalue weighted by Crippen LogP contribution is 2.43. The number of aliphatic hydroxyl groups is 1. The highest BCUT2D eigenvalue weighted by Gasteiger charge is 2.40. The molecule has 0 saturated carbocycles. The van der Waals surface area contributed by atoms with Crippen molar-refractivity contribution in [2.75, 3.05) is 13.7 Å². The van der Waals surface area contributed by atoms with Gasteiger partial charge in [-0.15, -0.1) is 0 Å². The third-order valence-electron chi connectivity index (χ3n) is 5.89. The Bertz CT molecular complexity index is 1070. The summed E-state index contributed by atoms with van der Waals surface area (Å²) in [4.78, 5) is 14.9. The predicted octanol–water partition coefficient (Wildman–Crippen LogP) is 5.35. The summed E-state index contributed by atoms with van der Waals surface area (Å²) < 4.78 is 5.27. The van der Waals surface area contributed by atoms with E-state index in [0.717, 1.165) is 35.3 Å². The molecule has 3 aromatic carbocycles. The van der Waals surface area contributed by atoms with E-state index in [1.807, 2.05) is 42.5 Å². The molecule has 1 atom stereocenters. The number of nitrogens with zero attached hydrogens (tertiary/aromatic N) is 1. The summed E-state index contributed by atoms with van der Waals surface area (Å²) in [6, 6.07) is 25.6. The maximum absolute atomic E-state index is 13.1. The minimum atomic E-state index is -0.337. The average molecular weight is 414 g/mol. The number of carbonyl (C=O) groups excluding carboxylic acids is 1. The summed E-state index contributed by atoms with van der Waals surface area (Å²) >= 11 is 0. The molecule has 0 fully saturated rings. The van der Waals surface area contributed by atoms with Gasteiger partial charge >= 0.3 is 0 Å². The van der Waals surface area contributed by atoms with E-state index in [0.29, 0.717) is 12.1 Å². The molecule has 0 saturated heterocycles. The summed E-state index contributed by atoms with van der Waals surface area (Å²) in [5.41, 5.74) is 4.85. The zero-order valence-corrected chi connectivity index (χ0v) is 17.9. The first kappa shape index (κ1) is 20.7. The van der Waals surface area contributed by atoms with Crippen molar-refractivity contribution >= 4 is 11.5 Å². The fraction of sp³-hybridized carbons (Fsp3) is 0.222. The molecule has 1 aliphatic rings. The number of aliphatic hydroxyl groups excluding tert-OH is 1. The molecule has 3 aromatic rings. The van der Waals surface area contributed by atoms with Crippen LogP contribution < -0.4 is 4.74 Å². The number of rotatable bonds is 7. The van der Waals surface area contributed by atoms with Gasteiger partial charge in [-0.2, -0.15) is 0 Å². The smallest absolute Gasteiger partial charge is 0.289 e. The Labute approximate surface area is 183 Å². The van der Waals surface area contributed by atoms with E-state index in [-0.39, 0.29) is 17.7 Å². The fourth-order valence-corrected chi connectivity index (χ4v) is 4.13. The van der Waals surface area contributed by atoms with Crippen molar-refractivity contribution in [1.29, 1.82) is 0 Å². The number of hydrogen-bond acceptors (Lipinski definition) is 3. The highest BCUT2D eigenvalue weighted by molar-refractivity contribution is 6.05. The fourth-order valence-electron chi connectivity index (χ4n) is 4.13. The molecule has 1 aliphatic heterocycles. The van der Waals surface area contributed by atoms with E-state index in [1.54, 1.807) is 12.0 Å². The Balaban J connectivity index is 1.72. The van der Waals surface area contributed by atoms with Crippen LogP contribution in [-0.2, 0) is 17.6 Å². The number of hydrogen-bond donors (Lipinski definition) is 1. The number of aryl methyl sites for hydroxylation is 1. The van der Waals surface area contributed by atoms with Gasteiger partial charge in [0.25, 0.3) is 5.91 Å². The Kier molecular flexibility index (Phi) is 6.08. The Morgan fingerprint density at radius 1 is 0.903 bits per heavy atom. The lowest BCUT2D eigenvalue weighted by Gasteiger charge is -2.27. The molecule has 4 rings (SSSR count). The third-order valence-corrected chi connectivity index (χ3v) is 5.89. The van der Waals surface area contributed by atoms with Crippen molar-refractivity contribution in [3.63, 3.8) is 0 Å². The summed E-state index contributed by atoms with van der Waals surface area (Å²) in [5, 5.41) is 10.9. The maximum atomic E-state index is 13.1. The van der Waals surface area contributed by atoms with Crippen molar-refractivity contribution in [1.82, 2.24) is 4.90 Å². The lowest BCUT2D eigenvalue weighted by molar-refractivity contribution is -0.129. The van der Waals surface area contributed by atoms with Gasteiger partial charge in [0, 0.05) is 12.1 Å². The van der Waals surface area contributed by atoms with Gasteiger partial charge in [0.05, 0.1) is 13.2 Å². The van der Waals surface area contributed by atoms with E-state index in [4.69, 9.17) is 4.74 Å². The summed E-state index contributed by atoms with van der Waals surface area (Å²) in [5.74, 6) is 0.229. The molecule has 0 unspecified atom stereocenters. The molecule has 1 amide bonds. The van der Waals surface area contributed by atoms with Crippen molar-refractivity contribution in [3.05, 3.63) is 107 Å². The van der Waals surface area contributed by atoms with Gasteiger partial charge in [-0.3, -0.25) is 4.79 Å². The van der Waals surface area contributed by atoms with Crippen LogP contribution in [0.4, 0.5) is 0 Å². The van der Waals surface area contributed by atoms with Crippen LogP contribution in [0.2, 0.25) is 0 Å². The number of methoxy groups -OCH3 is 1. The van der Waals surface area contributed by atoms with Gasteiger partial charge < -0.3 is 14.7 Å². The zero-order chi connectivity index (χ0) is 21.8. The molecule has 4 nitrogen and oxygen atoms in total. The Morgan fingerprint density at radius 2 is 1.58 bits per heavy atom. The zero-order valence-electron chi connectivity index (χ0n) is 17.9. The highest BCUT2D eigenvalue weighted by atomic mass is 16.5. The van der Waals surface area contributed by atoms with Crippen molar-refractivity contribution in [3.8, 4) is 5.75 Å². The van der Waals surface area contributed by atoms with Crippen molar-refractivity contribution in [2.45, 2.75) is 25.8 Å². The standard InChI is InChI=1S/C27H27NO3/c1-3-19-9-11-22(12-10-19)25-24(21-13-15-23(31-2)16-14-21)26(29)27(30)28(25)18-17-20-7-5-4-6-8-20/h4-16,25,29H,3,17-18H2,1-2H3/t25-/m0/s1. The minimum Gasteiger partial charge on any atom is -0.503 e. The summed E-state index contributed by atoms with van der Waals surface area (Å²) in [7, 11) is 1.62. The molecule has 0 bridgehead atoms. The Hall–Kier alpha value is -3.53. The largest absolute Gasteiger partial charge is 0.503 e. The number of carbonyl (C=O) groups is 1. The average Bonchev–Trinajstić information content (AvgIpc) is 3.08. The van der Waals surface area contributed by atoms with Gasteiger partial charge in [-0.1, -0.05) is 73.7 Å². The van der Waals surface area contributed by atoms with E-state index < -0.39 is 0 Å². The third kappa shape index (κ3) is 4.19. The van der Waals surface area contributed by atoms with Crippen LogP contribution >= 0.6 is 0 Å². The second kappa shape index (κ2) is 9.09. The van der Waals surface area contributed by atoms with E-state index >= 15 is 0 Å². The van der Waals surface area contributed by atoms with Crippen LogP contribution in [0, 0.1) is 0 Å². The van der Waals surface area contributed by atoms with Gasteiger partial charge in [0.2, 0.25) is 0 Å². The van der Waals surface area contributed by atoms with Crippen LogP contribution in [0.5, 0.6) is 5.75 Å². The quantitative estimate of drug-likeness (QED) is 0.568. The van der Waals surface area contributed by atoms with Crippen molar-refractivity contribution < 1.29 is 14.6 Å². The van der Waals surface area contributed by atoms with Crippen LogP contribution in [0.15, 0.2) is 84.6 Å². The molecule has 4 heteroatoms. The van der Waals surface area contributed by atoms with Gasteiger partial charge in [0.1, 0.15) is 5.75 Å². The van der Waals surface area contributed by atoms with Gasteiger partial charge in [-0.25, -0.2) is 0 Å². The molecule has 31 heavy (non-hydrogen) atoms. The number of amides is 1. The normalized spacial score (nSPS) is 16.1. The first-order valence-electron chi connectivity index (χ1n) is 10.6. The van der Waals surface area contributed by atoms with E-state index in [2.05, 4.69) is 43.3 Å². The topological polar surface area (TPSA) is 49.8 Å². The molecule has 158 valence electrons. The van der Waals surface area contributed by atoms with Crippen LogP contribution in [0.1, 0.15) is 35.2 Å². The van der Waals surface area contributed by atoms with E-state index in [1.165, 1.54) is 5.56 Å². The molecular weight excluding hydrogens is 386 g/mol. The lowest BCUT2D eigenvalue weighted by Crippen LogP contribution is -2.32. The molecule has 0 aliphatic carbocycles.